The molecule has 16 heavy (non-hydrogen) atoms. The number of nitrogens with zero attached hydrogens (tertiary/aromatic N) is 1. The summed E-state index contributed by atoms with van der Waals surface area (Å²) in [6.07, 6.45) is 0. The first-order chi connectivity index (χ1) is 7.61. The Balaban J connectivity index is 3.02. The van der Waals surface area contributed by atoms with Gasteiger partial charge in [-0.05, 0) is 31.0 Å². The van der Waals surface area contributed by atoms with E-state index in [1.165, 1.54) is 0 Å². The van der Waals surface area contributed by atoms with Gasteiger partial charge in [-0.25, -0.2) is 0 Å². The maximum absolute atomic E-state index is 9.32. The fourth-order valence-corrected chi connectivity index (χ4v) is 2.09. The molecule has 3 nitrogen and oxygen atoms in total. The first-order valence-corrected chi connectivity index (χ1v) is 5.80. The van der Waals surface area contributed by atoms with Crippen LogP contribution in [0.3, 0.4) is 0 Å². The average Bonchev–Trinajstić information content (AvgIpc) is 2.30. The molecule has 0 radical (unpaired) electrons. The van der Waals surface area contributed by atoms with Crippen LogP contribution in [-0.4, -0.2) is 35.2 Å². The van der Waals surface area contributed by atoms with Gasteiger partial charge in [0.2, 0.25) is 0 Å². The summed E-state index contributed by atoms with van der Waals surface area (Å²) in [5.41, 5.74) is 1.59. The maximum atomic E-state index is 9.32. The van der Waals surface area contributed by atoms with Gasteiger partial charge in [-0.3, -0.25) is 4.90 Å². The highest BCUT2D eigenvalue weighted by Crippen LogP contribution is 2.17. The summed E-state index contributed by atoms with van der Waals surface area (Å²) < 4.78 is 0. The summed E-state index contributed by atoms with van der Waals surface area (Å²) in [5.74, 6) is 0. The molecule has 0 amide bonds. The summed E-state index contributed by atoms with van der Waals surface area (Å²) in [6, 6.07) is 7.68. The first kappa shape index (κ1) is 13.2. The van der Waals surface area contributed by atoms with Gasteiger partial charge in [0.15, 0.2) is 0 Å². The van der Waals surface area contributed by atoms with Crippen LogP contribution >= 0.6 is 0 Å². The molecule has 0 saturated carbocycles. The van der Waals surface area contributed by atoms with E-state index in [0.717, 1.165) is 18.7 Å². The first-order valence-electron chi connectivity index (χ1n) is 5.80. The minimum Gasteiger partial charge on any atom is -0.423 e. The van der Waals surface area contributed by atoms with Gasteiger partial charge < -0.3 is 10.0 Å². The van der Waals surface area contributed by atoms with E-state index in [9.17, 15) is 10.0 Å². The molecule has 1 unspecified atom stereocenters. The van der Waals surface area contributed by atoms with Gasteiger partial charge in [-0.2, -0.15) is 0 Å². The van der Waals surface area contributed by atoms with Crippen molar-refractivity contribution >= 4 is 12.6 Å². The third kappa shape index (κ3) is 2.85. The lowest BCUT2D eigenvalue weighted by molar-refractivity contribution is 0.235. The molecule has 0 aliphatic rings. The molecule has 1 atom stereocenters. The Morgan fingerprint density at radius 3 is 2.25 bits per heavy atom. The molecule has 0 aromatic heterocycles. The van der Waals surface area contributed by atoms with Crippen LogP contribution in [0.1, 0.15) is 32.4 Å². The molecule has 88 valence electrons. The third-order valence-corrected chi connectivity index (χ3v) is 3.08. The van der Waals surface area contributed by atoms with Gasteiger partial charge in [0.05, 0.1) is 0 Å². The Labute approximate surface area is 97.9 Å². The predicted molar refractivity (Wildman–Crippen MR) is 67.6 cm³/mol. The highest BCUT2D eigenvalue weighted by molar-refractivity contribution is 6.59. The van der Waals surface area contributed by atoms with Gasteiger partial charge in [-0.1, -0.05) is 38.1 Å². The minimum atomic E-state index is -1.39. The van der Waals surface area contributed by atoms with E-state index in [1.54, 1.807) is 6.07 Å². The highest BCUT2D eigenvalue weighted by Gasteiger charge is 2.21. The molecular formula is C12H20BNO2. The monoisotopic (exact) mass is 221 g/mol. The molecule has 1 rings (SSSR count). The van der Waals surface area contributed by atoms with Gasteiger partial charge >= 0.3 is 7.12 Å². The summed E-state index contributed by atoms with van der Waals surface area (Å²) in [7, 11) is -1.39. The van der Waals surface area contributed by atoms with Crippen LogP contribution in [0, 0.1) is 0 Å². The smallest absolute Gasteiger partial charge is 0.423 e. The second-order valence-electron chi connectivity index (χ2n) is 3.90. The summed E-state index contributed by atoms with van der Waals surface area (Å²) >= 11 is 0. The Hall–Kier alpha value is -0.835. The Bertz CT molecular complexity index is 327. The van der Waals surface area contributed by atoms with Gasteiger partial charge in [0, 0.05) is 6.04 Å². The lowest BCUT2D eigenvalue weighted by atomic mass is 9.75. The van der Waals surface area contributed by atoms with Crippen molar-refractivity contribution in [3.05, 3.63) is 29.8 Å². The van der Waals surface area contributed by atoms with Gasteiger partial charge in [-0.15, -0.1) is 0 Å². The van der Waals surface area contributed by atoms with Crippen molar-refractivity contribution in [2.45, 2.75) is 26.8 Å². The molecule has 0 spiro atoms. The van der Waals surface area contributed by atoms with E-state index in [0.29, 0.717) is 5.46 Å². The summed E-state index contributed by atoms with van der Waals surface area (Å²) in [5, 5.41) is 18.6. The van der Waals surface area contributed by atoms with Crippen molar-refractivity contribution in [3.63, 3.8) is 0 Å². The third-order valence-electron chi connectivity index (χ3n) is 3.08. The number of hydrogen-bond acceptors (Lipinski definition) is 3. The summed E-state index contributed by atoms with van der Waals surface area (Å²) in [4.78, 5) is 2.28. The van der Waals surface area contributed by atoms with E-state index in [2.05, 4.69) is 25.7 Å². The second-order valence-corrected chi connectivity index (χ2v) is 3.90. The van der Waals surface area contributed by atoms with Crippen molar-refractivity contribution in [2.75, 3.05) is 13.1 Å². The molecule has 0 fully saturated rings. The average molecular weight is 221 g/mol. The lowest BCUT2D eigenvalue weighted by Gasteiger charge is -2.28. The molecule has 0 bridgehead atoms. The fraction of sp³-hybridized carbons (Fsp3) is 0.500. The van der Waals surface area contributed by atoms with Crippen LogP contribution in [-0.2, 0) is 0 Å². The number of hydrogen-bond donors (Lipinski definition) is 2. The molecular weight excluding hydrogens is 201 g/mol. The molecule has 1 aromatic carbocycles. The Kier molecular flexibility index (Phi) is 4.99. The van der Waals surface area contributed by atoms with Crippen LogP contribution < -0.4 is 5.46 Å². The fourth-order valence-electron chi connectivity index (χ4n) is 2.09. The quantitative estimate of drug-likeness (QED) is 0.722. The number of rotatable bonds is 5. The van der Waals surface area contributed by atoms with E-state index in [4.69, 9.17) is 0 Å². The largest absolute Gasteiger partial charge is 0.488 e. The zero-order chi connectivity index (χ0) is 12.1. The standard InChI is InChI=1S/C12H20BNO2/c1-4-14(5-2)10(3)11-8-6-7-9-12(11)13(15)16/h6-10,15-16H,4-5H2,1-3H3. The van der Waals surface area contributed by atoms with E-state index in [1.807, 2.05) is 18.2 Å². The molecule has 0 saturated heterocycles. The van der Waals surface area contributed by atoms with Gasteiger partial charge in [0.25, 0.3) is 0 Å². The topological polar surface area (TPSA) is 43.7 Å². The van der Waals surface area contributed by atoms with Gasteiger partial charge in [0.1, 0.15) is 0 Å². The van der Waals surface area contributed by atoms with Crippen molar-refractivity contribution < 1.29 is 10.0 Å². The van der Waals surface area contributed by atoms with Crippen LogP contribution in [0.2, 0.25) is 0 Å². The van der Waals surface area contributed by atoms with E-state index >= 15 is 0 Å². The van der Waals surface area contributed by atoms with Crippen molar-refractivity contribution in [1.82, 2.24) is 4.90 Å². The van der Waals surface area contributed by atoms with Crippen LogP contribution in [0.5, 0.6) is 0 Å². The van der Waals surface area contributed by atoms with Crippen LogP contribution in [0.15, 0.2) is 24.3 Å². The van der Waals surface area contributed by atoms with Crippen molar-refractivity contribution in [2.24, 2.45) is 0 Å². The normalized spacial score (nSPS) is 12.9. The van der Waals surface area contributed by atoms with E-state index in [-0.39, 0.29) is 6.04 Å². The lowest BCUT2D eigenvalue weighted by Crippen LogP contribution is -2.37. The zero-order valence-electron chi connectivity index (χ0n) is 10.2. The molecule has 2 N–H and O–H groups in total. The van der Waals surface area contributed by atoms with Crippen molar-refractivity contribution in [3.8, 4) is 0 Å². The van der Waals surface area contributed by atoms with Crippen LogP contribution in [0.4, 0.5) is 0 Å². The predicted octanol–water partition coefficient (Wildman–Crippen LogP) is 0.769. The Morgan fingerprint density at radius 2 is 1.75 bits per heavy atom. The molecule has 0 heterocycles. The maximum Gasteiger partial charge on any atom is 0.488 e. The van der Waals surface area contributed by atoms with Crippen molar-refractivity contribution in [1.29, 1.82) is 0 Å². The second kappa shape index (κ2) is 6.04. The Morgan fingerprint density at radius 1 is 1.19 bits per heavy atom. The molecule has 1 aromatic rings. The van der Waals surface area contributed by atoms with E-state index < -0.39 is 7.12 Å². The minimum absolute atomic E-state index is 0.202. The molecule has 4 heteroatoms. The SMILES string of the molecule is CCN(CC)C(C)c1ccccc1B(O)O. The summed E-state index contributed by atoms with van der Waals surface area (Å²) in [6.45, 7) is 8.21. The zero-order valence-corrected chi connectivity index (χ0v) is 10.2. The van der Waals surface area contributed by atoms with Crippen LogP contribution in [0.25, 0.3) is 0 Å². The highest BCUT2D eigenvalue weighted by atomic mass is 16.4. The molecule has 0 aliphatic carbocycles. The number of benzene rings is 1. The molecule has 0 aliphatic heterocycles.